The first-order valence-electron chi connectivity index (χ1n) is 7.39. The van der Waals surface area contributed by atoms with E-state index in [0.717, 1.165) is 6.07 Å². The molecule has 2 aromatic heterocycles. The average molecular weight is 422 g/mol. The third kappa shape index (κ3) is 4.81. The van der Waals surface area contributed by atoms with E-state index in [1.54, 1.807) is 31.4 Å². The van der Waals surface area contributed by atoms with Crippen molar-refractivity contribution in [3.05, 3.63) is 34.7 Å². The Morgan fingerprint density at radius 3 is 2.42 bits per heavy atom. The van der Waals surface area contributed by atoms with Gasteiger partial charge in [0.05, 0.1) is 29.3 Å². The van der Waals surface area contributed by atoms with Gasteiger partial charge in [0.2, 0.25) is 5.88 Å². The highest BCUT2D eigenvalue weighted by atomic mass is 32.5. The van der Waals surface area contributed by atoms with E-state index in [2.05, 4.69) is 4.98 Å². The van der Waals surface area contributed by atoms with Crippen LogP contribution >= 0.6 is 18.1 Å². The van der Waals surface area contributed by atoms with Gasteiger partial charge in [-0.05, 0) is 31.4 Å². The van der Waals surface area contributed by atoms with Crippen LogP contribution < -0.4 is 4.52 Å². The minimum absolute atomic E-state index is 0.0240. The molecule has 26 heavy (non-hydrogen) atoms. The first-order chi connectivity index (χ1) is 12.2. The molecule has 0 saturated carbocycles. The first kappa shape index (κ1) is 20.8. The predicted molar refractivity (Wildman–Crippen MR) is 95.4 cm³/mol. The van der Waals surface area contributed by atoms with Gasteiger partial charge in [-0.3, -0.25) is 9.05 Å². The highest BCUT2D eigenvalue weighted by molar-refractivity contribution is 8.07. The SMILES string of the molecule is CCOP(=S)(OCC)Oc1nc(-c2cccs2)cc(C(F)(F)F)c1C#N. The minimum atomic E-state index is -4.77. The molecule has 0 amide bonds. The van der Waals surface area contributed by atoms with Crippen LogP contribution in [0.25, 0.3) is 10.6 Å². The summed E-state index contributed by atoms with van der Waals surface area (Å²) in [6, 6.07) is 5.62. The molecule has 11 heteroatoms. The third-order valence-electron chi connectivity index (χ3n) is 2.95. The Morgan fingerprint density at radius 1 is 1.31 bits per heavy atom. The maximum absolute atomic E-state index is 13.5. The summed E-state index contributed by atoms with van der Waals surface area (Å²) in [5.41, 5.74) is -1.88. The molecular weight excluding hydrogens is 408 g/mol. The van der Waals surface area contributed by atoms with Crippen LogP contribution in [-0.2, 0) is 27.0 Å². The van der Waals surface area contributed by atoms with E-state index in [9.17, 15) is 18.4 Å². The molecule has 0 saturated heterocycles. The van der Waals surface area contributed by atoms with Crippen LogP contribution in [0.2, 0.25) is 0 Å². The van der Waals surface area contributed by atoms with Crippen LogP contribution in [-0.4, -0.2) is 18.2 Å². The van der Waals surface area contributed by atoms with Gasteiger partial charge in [-0.2, -0.15) is 18.4 Å². The number of thiophene rings is 1. The van der Waals surface area contributed by atoms with E-state index in [0.29, 0.717) is 4.88 Å². The van der Waals surface area contributed by atoms with Crippen LogP contribution in [0.1, 0.15) is 25.0 Å². The third-order valence-corrected chi connectivity index (χ3v) is 6.24. The topological polar surface area (TPSA) is 64.4 Å². The van der Waals surface area contributed by atoms with Gasteiger partial charge in [-0.15, -0.1) is 11.3 Å². The molecule has 0 spiro atoms. The zero-order chi connectivity index (χ0) is 19.4. The zero-order valence-corrected chi connectivity index (χ0v) is 16.3. The number of pyridine rings is 1. The fraction of sp³-hybridized carbons (Fsp3) is 0.333. The molecule has 0 atom stereocenters. The molecular formula is C15H14F3N2O3PS2. The van der Waals surface area contributed by atoms with Gasteiger partial charge < -0.3 is 4.52 Å². The Hall–Kier alpha value is -1.50. The summed E-state index contributed by atoms with van der Waals surface area (Å²) < 4.78 is 56.4. The fourth-order valence-electron chi connectivity index (χ4n) is 1.98. The molecule has 0 aromatic carbocycles. The lowest BCUT2D eigenvalue weighted by Gasteiger charge is -2.22. The summed E-state index contributed by atoms with van der Waals surface area (Å²) in [5, 5.41) is 11.0. The van der Waals surface area contributed by atoms with Crippen molar-refractivity contribution in [2.24, 2.45) is 0 Å². The van der Waals surface area contributed by atoms with Gasteiger partial charge >= 0.3 is 12.9 Å². The van der Waals surface area contributed by atoms with Gasteiger partial charge in [-0.25, -0.2) is 4.98 Å². The van der Waals surface area contributed by atoms with Crippen LogP contribution in [0.15, 0.2) is 23.6 Å². The number of nitrogens with zero attached hydrogens (tertiary/aromatic N) is 2. The van der Waals surface area contributed by atoms with E-state index in [1.165, 1.54) is 17.4 Å². The lowest BCUT2D eigenvalue weighted by molar-refractivity contribution is -0.137. The Labute approximate surface area is 157 Å². The Bertz CT molecular complexity index is 841. The van der Waals surface area contributed by atoms with Crippen molar-refractivity contribution < 1.29 is 26.7 Å². The quantitative estimate of drug-likeness (QED) is 0.559. The van der Waals surface area contributed by atoms with Crippen molar-refractivity contribution in [1.29, 1.82) is 5.26 Å². The summed E-state index contributed by atoms with van der Waals surface area (Å²) in [5.74, 6) is -0.545. The van der Waals surface area contributed by atoms with E-state index in [4.69, 9.17) is 25.4 Å². The molecule has 0 bridgehead atoms. The highest BCUT2D eigenvalue weighted by Crippen LogP contribution is 2.51. The number of hydrogen-bond donors (Lipinski definition) is 0. The molecule has 140 valence electrons. The van der Waals surface area contributed by atoms with Crippen molar-refractivity contribution in [2.75, 3.05) is 13.2 Å². The first-order valence-corrected chi connectivity index (χ1v) is 10.8. The van der Waals surface area contributed by atoms with E-state index < -0.39 is 29.9 Å². The van der Waals surface area contributed by atoms with E-state index >= 15 is 0 Å². The van der Waals surface area contributed by atoms with Crippen LogP contribution in [0.4, 0.5) is 13.2 Å². The molecule has 0 radical (unpaired) electrons. The number of aromatic nitrogens is 1. The predicted octanol–water partition coefficient (Wildman–Crippen LogP) is 5.38. The lowest BCUT2D eigenvalue weighted by atomic mass is 10.1. The smallest absolute Gasteiger partial charge is 0.404 e. The standard InChI is InChI=1S/C15H14F3N2O3PS2/c1-3-21-24(25,22-4-2)23-14-10(9-19)11(15(16,17)18)8-12(20-14)13-6-5-7-26-13/h5-8H,3-4H2,1-2H3. The number of rotatable bonds is 7. The Kier molecular flexibility index (Phi) is 6.77. The fourth-order valence-corrected chi connectivity index (χ4v) is 4.67. The molecule has 0 aliphatic carbocycles. The van der Waals surface area contributed by atoms with Crippen LogP contribution in [0, 0.1) is 11.3 Å². The zero-order valence-electron chi connectivity index (χ0n) is 13.7. The van der Waals surface area contributed by atoms with Crippen LogP contribution in [0.5, 0.6) is 5.88 Å². The van der Waals surface area contributed by atoms with Gasteiger partial charge in [0.25, 0.3) is 0 Å². The molecule has 0 unspecified atom stereocenters. The van der Waals surface area contributed by atoms with Crippen molar-refractivity contribution >= 4 is 29.9 Å². The monoisotopic (exact) mass is 422 g/mol. The van der Waals surface area contributed by atoms with Crippen molar-refractivity contribution in [2.45, 2.75) is 20.0 Å². The van der Waals surface area contributed by atoms with Crippen molar-refractivity contribution in [1.82, 2.24) is 4.98 Å². The second-order valence-corrected chi connectivity index (χ2v) is 8.58. The summed E-state index contributed by atoms with van der Waals surface area (Å²) in [6.45, 7) is 0.164. The van der Waals surface area contributed by atoms with Crippen molar-refractivity contribution in [3.8, 4) is 22.5 Å². The molecule has 2 heterocycles. The number of halogens is 3. The largest absolute Gasteiger partial charge is 0.417 e. The Morgan fingerprint density at radius 2 is 1.96 bits per heavy atom. The maximum Gasteiger partial charge on any atom is 0.417 e. The van der Waals surface area contributed by atoms with Gasteiger partial charge in [-0.1, -0.05) is 6.07 Å². The molecule has 0 aliphatic rings. The summed E-state index contributed by atoms with van der Waals surface area (Å²) in [6.07, 6.45) is -4.77. The van der Waals surface area contributed by atoms with Gasteiger partial charge in [0, 0.05) is 11.8 Å². The van der Waals surface area contributed by atoms with Crippen molar-refractivity contribution in [3.63, 3.8) is 0 Å². The van der Waals surface area contributed by atoms with Gasteiger partial charge in [0.1, 0.15) is 11.6 Å². The summed E-state index contributed by atoms with van der Waals surface area (Å²) in [4.78, 5) is 4.57. The Balaban J connectivity index is 2.65. The number of alkyl halides is 3. The average Bonchev–Trinajstić information content (AvgIpc) is 3.08. The molecule has 2 rings (SSSR count). The number of nitriles is 1. The lowest BCUT2D eigenvalue weighted by Crippen LogP contribution is -2.12. The molecule has 0 aliphatic heterocycles. The second-order valence-electron chi connectivity index (χ2n) is 4.70. The van der Waals surface area contributed by atoms with E-state index in [-0.39, 0.29) is 18.9 Å². The maximum atomic E-state index is 13.5. The highest BCUT2D eigenvalue weighted by Gasteiger charge is 2.38. The van der Waals surface area contributed by atoms with E-state index in [1.807, 2.05) is 0 Å². The molecule has 0 N–H and O–H groups in total. The second kappa shape index (κ2) is 8.46. The molecule has 0 fully saturated rings. The van der Waals surface area contributed by atoms with Gasteiger partial charge in [0.15, 0.2) is 0 Å². The number of hydrogen-bond acceptors (Lipinski definition) is 7. The molecule has 2 aromatic rings. The summed E-state index contributed by atoms with van der Waals surface area (Å²) in [7, 11) is 0. The molecule has 5 nitrogen and oxygen atoms in total. The summed E-state index contributed by atoms with van der Waals surface area (Å²) >= 11 is 6.39. The van der Waals surface area contributed by atoms with Crippen LogP contribution in [0.3, 0.4) is 0 Å². The normalized spacial score (nSPS) is 12.0. The minimum Gasteiger partial charge on any atom is -0.404 e.